The van der Waals surface area contributed by atoms with Gasteiger partial charge in [-0.2, -0.15) is 0 Å². The minimum atomic E-state index is 0.907. The lowest BCUT2D eigenvalue weighted by molar-refractivity contribution is 1.43. The van der Waals surface area contributed by atoms with Crippen LogP contribution in [0.15, 0.2) is 42.5 Å². The molecule has 0 aliphatic rings. The lowest BCUT2D eigenvalue weighted by Gasteiger charge is -2.09. The first kappa shape index (κ1) is 11.7. The molecule has 0 unspecified atom stereocenters. The van der Waals surface area contributed by atoms with Crippen molar-refractivity contribution in [2.45, 2.75) is 19.2 Å². The second-order valence-electron chi connectivity index (χ2n) is 4.93. The monoisotopic (exact) mass is 298 g/mol. The first-order chi connectivity index (χ1) is 8.69. The fourth-order valence-corrected chi connectivity index (χ4v) is 3.08. The van der Waals surface area contributed by atoms with E-state index in [0.29, 0.717) is 0 Å². The Morgan fingerprint density at radius 2 is 1.61 bits per heavy atom. The summed E-state index contributed by atoms with van der Waals surface area (Å²) in [5.41, 5.74) is 4.02. The van der Waals surface area contributed by atoms with Gasteiger partial charge < -0.3 is 0 Å². The normalized spacial score (nSPS) is 11.3. The average Bonchev–Trinajstić information content (AvgIpc) is 2.36. The molecule has 90 valence electrons. The van der Waals surface area contributed by atoms with Crippen LogP contribution in [0.1, 0.15) is 16.7 Å². The molecule has 0 radical (unpaired) electrons. The van der Waals surface area contributed by atoms with Crippen molar-refractivity contribution in [3.63, 3.8) is 0 Å². The number of hydrogen-bond donors (Lipinski definition) is 0. The third-order valence-electron chi connectivity index (χ3n) is 3.49. The maximum absolute atomic E-state index is 3.54. The molecular weight excluding hydrogens is 284 g/mol. The van der Waals surface area contributed by atoms with E-state index in [1.165, 1.54) is 38.2 Å². The fourth-order valence-electron chi connectivity index (χ4n) is 2.73. The van der Waals surface area contributed by atoms with Crippen LogP contribution in [0.5, 0.6) is 0 Å². The number of hydrogen-bond acceptors (Lipinski definition) is 0. The van der Waals surface area contributed by atoms with Gasteiger partial charge in [-0.15, -0.1) is 0 Å². The number of aryl methyl sites for hydroxylation is 2. The summed E-state index contributed by atoms with van der Waals surface area (Å²) < 4.78 is 0. The smallest absolute Gasteiger partial charge is 0.0283 e. The molecule has 0 atom stereocenters. The van der Waals surface area contributed by atoms with Crippen LogP contribution >= 0.6 is 15.9 Å². The van der Waals surface area contributed by atoms with Gasteiger partial charge in [-0.3, -0.25) is 0 Å². The third-order valence-corrected chi connectivity index (χ3v) is 4.14. The Morgan fingerprint density at radius 3 is 2.39 bits per heavy atom. The predicted octanol–water partition coefficient (Wildman–Crippen LogP) is 5.50. The molecule has 18 heavy (non-hydrogen) atoms. The molecule has 0 fully saturated rings. The molecule has 3 rings (SSSR count). The predicted molar refractivity (Wildman–Crippen MR) is 83.6 cm³/mol. The Morgan fingerprint density at radius 1 is 0.889 bits per heavy atom. The molecular formula is C17H15Br. The largest absolute Gasteiger partial charge is 0.0876 e. The van der Waals surface area contributed by atoms with E-state index in [0.717, 1.165) is 5.33 Å². The Balaban J connectivity index is 2.50. The zero-order valence-electron chi connectivity index (χ0n) is 10.6. The van der Waals surface area contributed by atoms with Gasteiger partial charge in [0.25, 0.3) is 0 Å². The highest BCUT2D eigenvalue weighted by atomic mass is 79.9. The van der Waals surface area contributed by atoms with Gasteiger partial charge in [0.05, 0.1) is 0 Å². The van der Waals surface area contributed by atoms with E-state index in [1.54, 1.807) is 0 Å². The summed E-state index contributed by atoms with van der Waals surface area (Å²) >= 11 is 3.54. The van der Waals surface area contributed by atoms with Crippen molar-refractivity contribution in [2.24, 2.45) is 0 Å². The quantitative estimate of drug-likeness (QED) is 0.411. The summed E-state index contributed by atoms with van der Waals surface area (Å²) in [6.07, 6.45) is 0. The maximum atomic E-state index is 3.54. The summed E-state index contributed by atoms with van der Waals surface area (Å²) in [7, 11) is 0. The van der Waals surface area contributed by atoms with Crippen LogP contribution in [0.3, 0.4) is 0 Å². The molecule has 0 bridgehead atoms. The van der Waals surface area contributed by atoms with E-state index in [1.807, 2.05) is 0 Å². The van der Waals surface area contributed by atoms with E-state index in [4.69, 9.17) is 0 Å². The molecule has 0 heterocycles. The van der Waals surface area contributed by atoms with Crippen molar-refractivity contribution in [3.8, 4) is 0 Å². The summed E-state index contributed by atoms with van der Waals surface area (Å²) in [5.74, 6) is 0. The maximum Gasteiger partial charge on any atom is 0.0283 e. The molecule has 0 aliphatic heterocycles. The molecule has 0 aliphatic carbocycles. The molecule has 0 N–H and O–H groups in total. The summed E-state index contributed by atoms with van der Waals surface area (Å²) in [5, 5.41) is 6.32. The van der Waals surface area contributed by atoms with Gasteiger partial charge in [0.15, 0.2) is 0 Å². The first-order valence-electron chi connectivity index (χ1n) is 6.17. The van der Waals surface area contributed by atoms with E-state index in [9.17, 15) is 0 Å². The molecule has 0 spiro atoms. The van der Waals surface area contributed by atoms with Crippen LogP contribution in [-0.2, 0) is 5.33 Å². The fraction of sp³-hybridized carbons (Fsp3) is 0.176. The molecule has 1 heteroatoms. The Bertz CT molecular complexity index is 741. The zero-order chi connectivity index (χ0) is 12.7. The van der Waals surface area contributed by atoms with Crippen molar-refractivity contribution < 1.29 is 0 Å². The molecule has 0 saturated carbocycles. The highest BCUT2D eigenvalue weighted by molar-refractivity contribution is 9.08. The summed E-state index contributed by atoms with van der Waals surface area (Å²) in [6, 6.07) is 15.7. The van der Waals surface area contributed by atoms with Crippen molar-refractivity contribution in [1.29, 1.82) is 0 Å². The minimum Gasteiger partial charge on any atom is -0.0876 e. The highest BCUT2D eigenvalue weighted by Crippen LogP contribution is 2.30. The van der Waals surface area contributed by atoms with Gasteiger partial charge in [0.2, 0.25) is 0 Å². The van der Waals surface area contributed by atoms with Crippen LogP contribution in [0.4, 0.5) is 0 Å². The zero-order valence-corrected chi connectivity index (χ0v) is 12.2. The number of halogens is 1. The number of rotatable bonds is 1. The molecule has 0 saturated heterocycles. The number of alkyl halides is 1. The average molecular weight is 299 g/mol. The highest BCUT2D eigenvalue weighted by Gasteiger charge is 2.05. The van der Waals surface area contributed by atoms with Crippen LogP contribution in [0.25, 0.3) is 21.5 Å². The van der Waals surface area contributed by atoms with Crippen LogP contribution in [0.2, 0.25) is 0 Å². The first-order valence-corrected chi connectivity index (χ1v) is 7.30. The van der Waals surface area contributed by atoms with E-state index in [-0.39, 0.29) is 0 Å². The Hall–Kier alpha value is -1.34. The lowest BCUT2D eigenvalue weighted by Crippen LogP contribution is -1.86. The summed E-state index contributed by atoms with van der Waals surface area (Å²) in [6.45, 7) is 4.36. The van der Waals surface area contributed by atoms with Crippen LogP contribution in [-0.4, -0.2) is 0 Å². The van der Waals surface area contributed by atoms with Crippen molar-refractivity contribution in [3.05, 3.63) is 59.2 Å². The standard InChI is InChI=1S/C17H15Br/c1-11-7-12(2)17-15(8-11)6-5-14-4-3-13(10-18)9-16(14)17/h3-9H,10H2,1-2H3. The number of fused-ring (bicyclic) bond motifs is 3. The molecule has 0 aromatic heterocycles. The van der Waals surface area contributed by atoms with Gasteiger partial charge in [0.1, 0.15) is 0 Å². The summed E-state index contributed by atoms with van der Waals surface area (Å²) in [4.78, 5) is 0. The van der Waals surface area contributed by atoms with Gasteiger partial charge >= 0.3 is 0 Å². The van der Waals surface area contributed by atoms with Gasteiger partial charge in [-0.1, -0.05) is 57.9 Å². The number of benzene rings is 3. The Kier molecular flexibility index (Phi) is 2.87. The van der Waals surface area contributed by atoms with Gasteiger partial charge in [-0.05, 0) is 52.6 Å². The van der Waals surface area contributed by atoms with Gasteiger partial charge in [-0.25, -0.2) is 0 Å². The van der Waals surface area contributed by atoms with Gasteiger partial charge in [0, 0.05) is 5.33 Å². The van der Waals surface area contributed by atoms with Crippen molar-refractivity contribution in [2.75, 3.05) is 0 Å². The van der Waals surface area contributed by atoms with Crippen LogP contribution in [0, 0.1) is 13.8 Å². The SMILES string of the molecule is Cc1cc(C)c2c(ccc3ccc(CBr)cc32)c1. The van der Waals surface area contributed by atoms with Crippen molar-refractivity contribution >= 4 is 37.5 Å². The second kappa shape index (κ2) is 4.40. The van der Waals surface area contributed by atoms with E-state index < -0.39 is 0 Å². The molecule has 0 amide bonds. The minimum absolute atomic E-state index is 0.907. The second-order valence-corrected chi connectivity index (χ2v) is 5.50. The lowest BCUT2D eigenvalue weighted by atomic mass is 9.95. The third kappa shape index (κ3) is 1.83. The molecule has 3 aromatic rings. The van der Waals surface area contributed by atoms with E-state index >= 15 is 0 Å². The van der Waals surface area contributed by atoms with Crippen LogP contribution < -0.4 is 0 Å². The molecule has 3 aromatic carbocycles. The van der Waals surface area contributed by atoms with E-state index in [2.05, 4.69) is 72.2 Å². The molecule has 0 nitrogen and oxygen atoms in total. The Labute approximate surface area is 116 Å². The topological polar surface area (TPSA) is 0 Å². The van der Waals surface area contributed by atoms with Crippen molar-refractivity contribution in [1.82, 2.24) is 0 Å².